The van der Waals surface area contributed by atoms with Crippen molar-refractivity contribution in [3.8, 4) is 0 Å². The summed E-state index contributed by atoms with van der Waals surface area (Å²) in [6.45, 7) is 5.30. The number of aliphatic hydroxyl groups is 1. The molecule has 6 atom stereocenters. The largest absolute Gasteiger partial charge is 0.458 e. The number of ether oxygens (including phenoxy) is 1. The van der Waals surface area contributed by atoms with Crippen molar-refractivity contribution in [2.75, 3.05) is 6.61 Å². The van der Waals surface area contributed by atoms with E-state index in [0.717, 1.165) is 25.7 Å². The van der Waals surface area contributed by atoms with Crippen LogP contribution in [0.1, 0.15) is 72.1 Å². The summed E-state index contributed by atoms with van der Waals surface area (Å²) in [5.74, 6) is 0.603. The maximum atomic E-state index is 12.8. The van der Waals surface area contributed by atoms with Crippen LogP contribution in [0.3, 0.4) is 0 Å². The lowest BCUT2D eigenvalue weighted by atomic mass is 9.48. The summed E-state index contributed by atoms with van der Waals surface area (Å²) in [5, 5.41) is 11.4. The molecule has 4 rings (SSSR count). The Morgan fingerprint density at radius 2 is 1.96 bits per heavy atom. The molecule has 0 bridgehead atoms. The lowest BCUT2D eigenvalue weighted by Crippen LogP contribution is -2.56. The van der Waals surface area contributed by atoms with Gasteiger partial charge in [0, 0.05) is 25.2 Å². The van der Waals surface area contributed by atoms with Crippen molar-refractivity contribution < 1.29 is 24.2 Å². The number of ketones is 2. The molecule has 28 heavy (non-hydrogen) atoms. The molecule has 0 heterocycles. The van der Waals surface area contributed by atoms with Gasteiger partial charge in [-0.2, -0.15) is 0 Å². The number of carbonyl (C=O) groups excluding carboxylic acids is 3. The van der Waals surface area contributed by atoms with Crippen LogP contribution in [0.15, 0.2) is 11.6 Å². The Balaban J connectivity index is 1.63. The molecule has 0 aromatic carbocycles. The molecule has 5 nitrogen and oxygen atoms in total. The van der Waals surface area contributed by atoms with E-state index in [2.05, 4.69) is 13.0 Å². The van der Waals surface area contributed by atoms with E-state index in [9.17, 15) is 19.5 Å². The molecule has 0 aliphatic heterocycles. The average molecular weight is 389 g/mol. The molecule has 0 spiro atoms. The molecule has 0 aromatic heterocycles. The van der Waals surface area contributed by atoms with Crippen LogP contribution < -0.4 is 0 Å². The van der Waals surface area contributed by atoms with Crippen molar-refractivity contribution in [3.05, 3.63) is 11.6 Å². The average Bonchev–Trinajstić information content (AvgIpc) is 2.92. The highest BCUT2D eigenvalue weighted by Gasteiger charge is 2.64. The first-order valence-corrected chi connectivity index (χ1v) is 10.7. The van der Waals surface area contributed by atoms with Crippen molar-refractivity contribution in [3.63, 3.8) is 0 Å². The van der Waals surface area contributed by atoms with Crippen LogP contribution in [0, 0.1) is 28.6 Å². The smallest absolute Gasteiger partial charge is 0.303 e. The Bertz CT molecular complexity index is 754. The van der Waals surface area contributed by atoms with Gasteiger partial charge in [-0.1, -0.05) is 25.5 Å². The van der Waals surface area contributed by atoms with Crippen molar-refractivity contribution in [1.82, 2.24) is 0 Å². The first kappa shape index (κ1) is 19.8. The van der Waals surface area contributed by atoms with E-state index in [-0.39, 0.29) is 23.7 Å². The molecule has 1 N–H and O–H groups in total. The maximum absolute atomic E-state index is 12.8. The Hall–Kier alpha value is -1.49. The number of hydrogen-bond donors (Lipinski definition) is 1. The van der Waals surface area contributed by atoms with Crippen molar-refractivity contribution in [1.29, 1.82) is 0 Å². The first-order chi connectivity index (χ1) is 13.1. The van der Waals surface area contributed by atoms with Gasteiger partial charge in [0.1, 0.15) is 11.4 Å². The normalized spacial score (nSPS) is 44.8. The van der Waals surface area contributed by atoms with E-state index in [1.54, 1.807) is 0 Å². The zero-order chi connectivity index (χ0) is 20.3. The molecule has 0 amide bonds. The number of carbonyl (C=O) groups is 3. The molecule has 3 fully saturated rings. The molecule has 0 aromatic rings. The third kappa shape index (κ3) is 2.65. The Morgan fingerprint density at radius 1 is 1.21 bits per heavy atom. The molecule has 0 unspecified atom stereocenters. The van der Waals surface area contributed by atoms with Gasteiger partial charge in [0.15, 0.2) is 6.61 Å². The summed E-state index contributed by atoms with van der Waals surface area (Å²) in [6, 6.07) is 0. The maximum Gasteiger partial charge on any atom is 0.303 e. The third-order valence-corrected chi connectivity index (χ3v) is 8.86. The summed E-state index contributed by atoms with van der Waals surface area (Å²) in [7, 11) is 0. The Kier molecular flexibility index (Phi) is 4.61. The highest BCUT2D eigenvalue weighted by atomic mass is 16.5. The fraction of sp³-hybridized carbons (Fsp3) is 0.783. The highest BCUT2D eigenvalue weighted by Crippen LogP contribution is 2.66. The van der Waals surface area contributed by atoms with Gasteiger partial charge in [0.2, 0.25) is 5.78 Å². The lowest BCUT2D eigenvalue weighted by Gasteiger charge is -2.56. The second kappa shape index (κ2) is 6.51. The SMILES string of the molecule is CC(=O)OCC(=O)[C@@]1(O)CC[C@H]2[C@@H]3CC[C@H]4CC(=O)CC[C@]4(C)C3=CC[C@@]21C. The Morgan fingerprint density at radius 3 is 2.68 bits per heavy atom. The summed E-state index contributed by atoms with van der Waals surface area (Å²) in [6.07, 6.45) is 8.60. The van der Waals surface area contributed by atoms with Gasteiger partial charge < -0.3 is 9.84 Å². The van der Waals surface area contributed by atoms with E-state index >= 15 is 0 Å². The summed E-state index contributed by atoms with van der Waals surface area (Å²) >= 11 is 0. The lowest BCUT2D eigenvalue weighted by molar-refractivity contribution is -0.163. The molecule has 4 aliphatic rings. The van der Waals surface area contributed by atoms with Crippen molar-refractivity contribution in [2.24, 2.45) is 28.6 Å². The monoisotopic (exact) mass is 388 g/mol. The van der Waals surface area contributed by atoms with Gasteiger partial charge in [-0.15, -0.1) is 0 Å². The predicted octanol–water partition coefficient (Wildman–Crippen LogP) is 3.38. The summed E-state index contributed by atoms with van der Waals surface area (Å²) < 4.78 is 4.91. The third-order valence-electron chi connectivity index (χ3n) is 8.86. The standard InChI is InChI=1S/C23H32O5/c1-14(24)28-13-20(26)23(27)11-8-19-17-5-4-15-12-16(25)6-9-21(15,2)18(17)7-10-22(19,23)3/h7,15,17,19,27H,4-6,8-13H2,1-3H3/t15-,17+,19-,21-,22-,23-/m0/s1. The van der Waals surface area contributed by atoms with Gasteiger partial charge in [0.05, 0.1) is 0 Å². The van der Waals surface area contributed by atoms with E-state index in [4.69, 9.17) is 4.74 Å². The van der Waals surface area contributed by atoms with Crippen molar-refractivity contribution in [2.45, 2.75) is 77.7 Å². The van der Waals surface area contributed by atoms with Gasteiger partial charge >= 0.3 is 5.97 Å². The minimum atomic E-state index is -1.44. The van der Waals surface area contributed by atoms with Crippen LogP contribution in [0.2, 0.25) is 0 Å². The molecule has 4 aliphatic carbocycles. The Labute approximate surface area is 166 Å². The molecule has 0 saturated heterocycles. The first-order valence-electron chi connectivity index (χ1n) is 10.7. The zero-order valence-corrected chi connectivity index (χ0v) is 17.3. The second-order valence-corrected chi connectivity index (χ2v) is 10.0. The van der Waals surface area contributed by atoms with Gasteiger partial charge in [-0.25, -0.2) is 0 Å². The summed E-state index contributed by atoms with van der Waals surface area (Å²) in [5.41, 5.74) is -0.391. The van der Waals surface area contributed by atoms with Crippen LogP contribution in [0.4, 0.5) is 0 Å². The number of rotatable bonds is 3. The molecular weight excluding hydrogens is 356 g/mol. The van der Waals surface area contributed by atoms with Crippen LogP contribution in [0.25, 0.3) is 0 Å². The van der Waals surface area contributed by atoms with Crippen LogP contribution in [0.5, 0.6) is 0 Å². The van der Waals surface area contributed by atoms with Gasteiger partial charge in [-0.05, 0) is 61.7 Å². The van der Waals surface area contributed by atoms with E-state index in [1.807, 2.05) is 6.92 Å². The molecule has 0 radical (unpaired) electrons. The number of Topliss-reactive ketones (excluding diaryl/α,β-unsaturated/α-hetero) is 2. The molecule has 3 saturated carbocycles. The van der Waals surface area contributed by atoms with Crippen molar-refractivity contribution >= 4 is 17.5 Å². The van der Waals surface area contributed by atoms with E-state index in [0.29, 0.717) is 43.3 Å². The number of hydrogen-bond acceptors (Lipinski definition) is 5. The fourth-order valence-corrected chi connectivity index (χ4v) is 7.08. The highest BCUT2D eigenvalue weighted by molar-refractivity contribution is 5.91. The topological polar surface area (TPSA) is 80.7 Å². The van der Waals surface area contributed by atoms with E-state index in [1.165, 1.54) is 12.5 Å². The summed E-state index contributed by atoms with van der Waals surface area (Å²) in [4.78, 5) is 36.0. The number of fused-ring (bicyclic) bond motifs is 5. The van der Waals surface area contributed by atoms with Gasteiger partial charge in [0.25, 0.3) is 0 Å². The van der Waals surface area contributed by atoms with E-state index < -0.39 is 17.0 Å². The number of esters is 1. The quantitative estimate of drug-likeness (QED) is 0.592. The molecule has 5 heteroatoms. The molecular formula is C23H32O5. The number of allylic oxidation sites excluding steroid dienone is 2. The van der Waals surface area contributed by atoms with Crippen LogP contribution >= 0.6 is 0 Å². The predicted molar refractivity (Wildman–Crippen MR) is 103 cm³/mol. The van der Waals surface area contributed by atoms with Gasteiger partial charge in [-0.3, -0.25) is 14.4 Å². The zero-order valence-electron chi connectivity index (χ0n) is 17.3. The van der Waals surface area contributed by atoms with Crippen LogP contribution in [-0.2, 0) is 19.1 Å². The molecule has 154 valence electrons. The second-order valence-electron chi connectivity index (χ2n) is 10.0. The minimum absolute atomic E-state index is 0.0839. The van der Waals surface area contributed by atoms with Crippen LogP contribution in [-0.4, -0.2) is 34.9 Å². The minimum Gasteiger partial charge on any atom is -0.458 e. The fourth-order valence-electron chi connectivity index (χ4n) is 7.08.